The van der Waals surface area contributed by atoms with Crippen LogP contribution in [0.25, 0.3) is 10.8 Å². The quantitative estimate of drug-likeness (QED) is 0.365. The molecule has 0 saturated carbocycles. The van der Waals surface area contributed by atoms with Crippen LogP contribution in [0.15, 0.2) is 78.4 Å². The van der Waals surface area contributed by atoms with Crippen LogP contribution < -0.4 is 10.1 Å². The Balaban J connectivity index is 1.46. The molecular formula is C26H29NO. The van der Waals surface area contributed by atoms with Crippen molar-refractivity contribution < 1.29 is 4.74 Å². The third-order valence-electron chi connectivity index (χ3n) is 5.54. The van der Waals surface area contributed by atoms with Gasteiger partial charge in [-0.25, -0.2) is 0 Å². The van der Waals surface area contributed by atoms with Crippen LogP contribution in [0.3, 0.4) is 0 Å². The van der Waals surface area contributed by atoms with Crippen LogP contribution in [-0.4, -0.2) is 6.54 Å². The lowest BCUT2D eigenvalue weighted by molar-refractivity contribution is 0.303. The smallest absolute Gasteiger partial charge is 0.124 e. The van der Waals surface area contributed by atoms with Crippen LogP contribution in [0.5, 0.6) is 5.75 Å². The highest BCUT2D eigenvalue weighted by atomic mass is 16.5. The van der Waals surface area contributed by atoms with E-state index in [9.17, 15) is 0 Å². The minimum atomic E-state index is 0.596. The molecule has 28 heavy (non-hydrogen) atoms. The monoisotopic (exact) mass is 371 g/mol. The van der Waals surface area contributed by atoms with Gasteiger partial charge in [-0.05, 0) is 61.1 Å². The van der Waals surface area contributed by atoms with E-state index < -0.39 is 0 Å². The van der Waals surface area contributed by atoms with E-state index in [1.54, 1.807) is 5.57 Å². The van der Waals surface area contributed by atoms with E-state index in [2.05, 4.69) is 72.1 Å². The molecule has 0 amide bonds. The Morgan fingerprint density at radius 2 is 1.71 bits per heavy atom. The maximum Gasteiger partial charge on any atom is 0.124 e. The summed E-state index contributed by atoms with van der Waals surface area (Å²) in [6, 6.07) is 23.2. The van der Waals surface area contributed by atoms with Crippen molar-refractivity contribution >= 4 is 10.8 Å². The van der Waals surface area contributed by atoms with E-state index in [0.29, 0.717) is 6.61 Å². The molecule has 1 aliphatic rings. The van der Waals surface area contributed by atoms with Gasteiger partial charge in [0.2, 0.25) is 0 Å². The van der Waals surface area contributed by atoms with E-state index in [1.807, 2.05) is 6.07 Å². The summed E-state index contributed by atoms with van der Waals surface area (Å²) >= 11 is 0. The average molecular weight is 372 g/mol. The molecule has 1 aliphatic carbocycles. The van der Waals surface area contributed by atoms with Gasteiger partial charge in [-0.2, -0.15) is 0 Å². The fraction of sp³-hybridized carbons (Fsp3) is 0.308. The van der Waals surface area contributed by atoms with E-state index in [0.717, 1.165) is 25.3 Å². The Bertz CT molecular complexity index is 930. The lowest BCUT2D eigenvalue weighted by Crippen LogP contribution is -2.16. The number of nitrogens with one attached hydrogen (secondary N) is 1. The number of allylic oxidation sites excluding steroid dienone is 1. The van der Waals surface area contributed by atoms with Gasteiger partial charge >= 0.3 is 0 Å². The molecule has 0 saturated heterocycles. The third-order valence-corrected chi connectivity index (χ3v) is 5.54. The summed E-state index contributed by atoms with van der Waals surface area (Å²) in [5.74, 6) is 0.979. The molecule has 2 nitrogen and oxygen atoms in total. The molecule has 0 radical (unpaired) electrons. The zero-order valence-corrected chi connectivity index (χ0v) is 16.5. The van der Waals surface area contributed by atoms with Gasteiger partial charge in [0.05, 0.1) is 0 Å². The van der Waals surface area contributed by atoms with Crippen LogP contribution in [0, 0.1) is 0 Å². The summed E-state index contributed by atoms with van der Waals surface area (Å²) in [4.78, 5) is 0. The minimum Gasteiger partial charge on any atom is -0.489 e. The third kappa shape index (κ3) is 4.82. The molecule has 144 valence electrons. The molecule has 0 aliphatic heterocycles. The Morgan fingerprint density at radius 1 is 0.857 bits per heavy atom. The van der Waals surface area contributed by atoms with E-state index in [-0.39, 0.29) is 0 Å². The molecule has 0 fully saturated rings. The summed E-state index contributed by atoms with van der Waals surface area (Å²) in [5, 5.41) is 6.20. The van der Waals surface area contributed by atoms with Gasteiger partial charge in [-0.1, -0.05) is 72.3 Å². The van der Waals surface area contributed by atoms with Crippen LogP contribution in [0.1, 0.15) is 43.2 Å². The first-order chi connectivity index (χ1) is 13.9. The van der Waals surface area contributed by atoms with Crippen molar-refractivity contribution in [1.82, 2.24) is 5.32 Å². The fourth-order valence-corrected chi connectivity index (χ4v) is 3.96. The Kier molecular flexibility index (Phi) is 6.41. The number of hydrogen-bond acceptors (Lipinski definition) is 2. The maximum absolute atomic E-state index is 6.23. The lowest BCUT2D eigenvalue weighted by Gasteiger charge is -2.16. The number of hydrogen-bond donors (Lipinski definition) is 1. The molecule has 0 atom stereocenters. The van der Waals surface area contributed by atoms with Gasteiger partial charge < -0.3 is 10.1 Å². The molecule has 2 heteroatoms. The SMILES string of the molecule is C1=C(CCNCc2c(OCc3ccccc3)ccc3ccccc23)CCCC1. The van der Waals surface area contributed by atoms with Crippen molar-refractivity contribution in [3.8, 4) is 5.75 Å². The highest BCUT2D eigenvalue weighted by Gasteiger charge is 2.10. The molecule has 1 N–H and O–H groups in total. The molecular weight excluding hydrogens is 342 g/mol. The molecule has 0 heterocycles. The van der Waals surface area contributed by atoms with Crippen LogP contribution in [0.4, 0.5) is 0 Å². The van der Waals surface area contributed by atoms with Gasteiger partial charge in [-0.15, -0.1) is 0 Å². The van der Waals surface area contributed by atoms with Crippen molar-refractivity contribution in [2.45, 2.75) is 45.3 Å². The second-order valence-electron chi connectivity index (χ2n) is 7.57. The van der Waals surface area contributed by atoms with Crippen LogP contribution >= 0.6 is 0 Å². The van der Waals surface area contributed by atoms with Crippen LogP contribution in [0.2, 0.25) is 0 Å². The summed E-state index contributed by atoms with van der Waals surface area (Å²) in [6.45, 7) is 2.45. The number of benzene rings is 3. The molecule has 0 bridgehead atoms. The second kappa shape index (κ2) is 9.57. The predicted molar refractivity (Wildman–Crippen MR) is 118 cm³/mol. The first-order valence-corrected chi connectivity index (χ1v) is 10.5. The second-order valence-corrected chi connectivity index (χ2v) is 7.57. The highest BCUT2D eigenvalue weighted by Crippen LogP contribution is 2.29. The van der Waals surface area contributed by atoms with Gasteiger partial charge in [0.15, 0.2) is 0 Å². The average Bonchev–Trinajstić information content (AvgIpc) is 2.77. The van der Waals surface area contributed by atoms with Crippen LogP contribution in [-0.2, 0) is 13.2 Å². The fourth-order valence-electron chi connectivity index (χ4n) is 3.96. The Labute approximate surface area is 168 Å². The summed E-state index contributed by atoms with van der Waals surface area (Å²) < 4.78 is 6.23. The first kappa shape index (κ1) is 18.8. The predicted octanol–water partition coefficient (Wildman–Crippen LogP) is 6.40. The largest absolute Gasteiger partial charge is 0.489 e. The number of rotatable bonds is 8. The topological polar surface area (TPSA) is 21.3 Å². The molecule has 4 rings (SSSR count). The molecule has 0 unspecified atom stereocenters. The number of fused-ring (bicyclic) bond motifs is 1. The van der Waals surface area contributed by atoms with Crippen molar-refractivity contribution in [2.24, 2.45) is 0 Å². The standard InChI is InChI=1S/C26H29NO/c1-3-9-21(10-4-1)17-18-27-19-25-24-14-8-7-13-23(24)15-16-26(25)28-20-22-11-5-2-6-12-22/h2,5-9,11-16,27H,1,3-4,10,17-20H2. The van der Waals surface area contributed by atoms with Crippen molar-refractivity contribution in [3.63, 3.8) is 0 Å². The van der Waals surface area contributed by atoms with E-state index in [1.165, 1.54) is 47.6 Å². The zero-order valence-electron chi connectivity index (χ0n) is 16.5. The Morgan fingerprint density at radius 3 is 2.57 bits per heavy atom. The zero-order chi connectivity index (χ0) is 19.0. The van der Waals surface area contributed by atoms with Gasteiger partial charge in [0.1, 0.15) is 12.4 Å². The summed E-state index contributed by atoms with van der Waals surface area (Å²) in [7, 11) is 0. The highest BCUT2D eigenvalue weighted by molar-refractivity contribution is 5.87. The van der Waals surface area contributed by atoms with Gasteiger partial charge in [-0.3, -0.25) is 0 Å². The summed E-state index contributed by atoms with van der Waals surface area (Å²) in [6.07, 6.45) is 8.85. The Hall–Kier alpha value is -2.58. The molecule has 3 aromatic rings. The normalized spacial score (nSPS) is 14.1. The van der Waals surface area contributed by atoms with Gasteiger partial charge in [0.25, 0.3) is 0 Å². The summed E-state index contributed by atoms with van der Waals surface area (Å²) in [5.41, 5.74) is 4.07. The van der Waals surface area contributed by atoms with Crippen molar-refractivity contribution in [1.29, 1.82) is 0 Å². The van der Waals surface area contributed by atoms with E-state index >= 15 is 0 Å². The molecule has 3 aromatic carbocycles. The number of ether oxygens (including phenoxy) is 1. The van der Waals surface area contributed by atoms with Crippen molar-refractivity contribution in [2.75, 3.05) is 6.54 Å². The lowest BCUT2D eigenvalue weighted by atomic mass is 9.97. The maximum atomic E-state index is 6.23. The molecule has 0 spiro atoms. The molecule has 0 aromatic heterocycles. The van der Waals surface area contributed by atoms with Gasteiger partial charge in [0, 0.05) is 12.1 Å². The minimum absolute atomic E-state index is 0.596. The first-order valence-electron chi connectivity index (χ1n) is 10.5. The van der Waals surface area contributed by atoms with Crippen molar-refractivity contribution in [3.05, 3.63) is 89.5 Å². The van der Waals surface area contributed by atoms with E-state index in [4.69, 9.17) is 4.74 Å².